The fourth-order valence-electron chi connectivity index (χ4n) is 2.73. The normalized spacial score (nSPS) is 16.3. The summed E-state index contributed by atoms with van der Waals surface area (Å²) < 4.78 is 0. The van der Waals surface area contributed by atoms with Crippen LogP contribution in [0, 0.1) is 18.3 Å². The molecule has 1 heterocycles. The lowest BCUT2D eigenvalue weighted by atomic mass is 9.90. The molecule has 1 aliphatic rings. The number of piperidine rings is 1. The van der Waals surface area contributed by atoms with Crippen LogP contribution in [0.15, 0.2) is 18.2 Å². The van der Waals surface area contributed by atoms with E-state index in [2.05, 4.69) is 5.32 Å². The number of hydrogen-bond donors (Lipinski definition) is 1. The van der Waals surface area contributed by atoms with Gasteiger partial charge in [-0.05, 0) is 37.5 Å². The zero-order valence-electron chi connectivity index (χ0n) is 14.3. The lowest BCUT2D eigenvalue weighted by Gasteiger charge is -2.35. The first-order chi connectivity index (χ1) is 10.7. The number of aryl methyl sites for hydroxylation is 1. The summed E-state index contributed by atoms with van der Waals surface area (Å²) in [7, 11) is 0. The third-order valence-electron chi connectivity index (χ3n) is 4.23. The van der Waals surface area contributed by atoms with Gasteiger partial charge in [-0.1, -0.05) is 38.4 Å². The van der Waals surface area contributed by atoms with Crippen LogP contribution in [-0.2, 0) is 9.59 Å². The summed E-state index contributed by atoms with van der Waals surface area (Å²) in [5, 5.41) is 3.57. The van der Waals surface area contributed by atoms with Gasteiger partial charge in [-0.15, -0.1) is 0 Å². The van der Waals surface area contributed by atoms with Gasteiger partial charge in [0.05, 0.1) is 0 Å². The highest BCUT2D eigenvalue weighted by molar-refractivity contribution is 6.31. The fraction of sp³-hybridized carbons (Fsp3) is 0.556. The molecule has 0 saturated carbocycles. The van der Waals surface area contributed by atoms with Crippen molar-refractivity contribution in [1.29, 1.82) is 0 Å². The van der Waals surface area contributed by atoms with Crippen LogP contribution >= 0.6 is 11.6 Å². The molecular formula is C18H25ClN2O2. The van der Waals surface area contributed by atoms with Crippen LogP contribution in [0.4, 0.5) is 5.69 Å². The second kappa shape index (κ2) is 6.91. The number of amides is 2. The SMILES string of the molecule is Cc1ccc(NC(=O)C2CCN(C(=O)C(C)(C)C)CC2)cc1Cl. The molecule has 1 N–H and O–H groups in total. The van der Waals surface area contributed by atoms with E-state index in [1.54, 1.807) is 6.07 Å². The van der Waals surface area contributed by atoms with Crippen molar-refractivity contribution < 1.29 is 9.59 Å². The number of nitrogens with zero attached hydrogens (tertiary/aromatic N) is 1. The van der Waals surface area contributed by atoms with E-state index in [9.17, 15) is 9.59 Å². The van der Waals surface area contributed by atoms with Crippen molar-refractivity contribution in [2.24, 2.45) is 11.3 Å². The average Bonchev–Trinajstić information content (AvgIpc) is 2.49. The molecule has 0 aliphatic carbocycles. The number of nitrogens with one attached hydrogen (secondary N) is 1. The van der Waals surface area contributed by atoms with Gasteiger partial charge < -0.3 is 10.2 Å². The summed E-state index contributed by atoms with van der Waals surface area (Å²) in [5.74, 6) is 0.105. The molecule has 1 aromatic carbocycles. The molecule has 0 radical (unpaired) electrons. The van der Waals surface area contributed by atoms with Crippen LogP contribution < -0.4 is 5.32 Å². The Hall–Kier alpha value is -1.55. The van der Waals surface area contributed by atoms with Gasteiger partial charge in [0.2, 0.25) is 11.8 Å². The second-order valence-electron chi connectivity index (χ2n) is 7.27. The van der Waals surface area contributed by atoms with Crippen LogP contribution in [0.25, 0.3) is 0 Å². The maximum Gasteiger partial charge on any atom is 0.227 e. The highest BCUT2D eigenvalue weighted by Gasteiger charge is 2.32. The van der Waals surface area contributed by atoms with Gasteiger partial charge in [0, 0.05) is 35.1 Å². The lowest BCUT2D eigenvalue weighted by Crippen LogP contribution is -2.45. The van der Waals surface area contributed by atoms with Crippen LogP contribution in [0.2, 0.25) is 5.02 Å². The third-order valence-corrected chi connectivity index (χ3v) is 4.64. The van der Waals surface area contributed by atoms with Crippen LogP contribution in [0.1, 0.15) is 39.2 Å². The number of rotatable bonds is 2. The van der Waals surface area contributed by atoms with E-state index in [-0.39, 0.29) is 23.1 Å². The Kier molecular flexibility index (Phi) is 5.35. The molecule has 0 unspecified atom stereocenters. The number of anilines is 1. The summed E-state index contributed by atoms with van der Waals surface area (Å²) in [4.78, 5) is 26.5. The number of benzene rings is 1. The van der Waals surface area contributed by atoms with E-state index in [0.29, 0.717) is 31.0 Å². The zero-order chi connectivity index (χ0) is 17.2. The van der Waals surface area contributed by atoms with Crippen molar-refractivity contribution in [2.45, 2.75) is 40.5 Å². The predicted molar refractivity (Wildman–Crippen MR) is 93.6 cm³/mol. The number of likely N-dealkylation sites (tertiary alicyclic amines) is 1. The van der Waals surface area contributed by atoms with Crippen molar-refractivity contribution in [1.82, 2.24) is 4.90 Å². The first kappa shape index (κ1) is 17.8. The van der Waals surface area contributed by atoms with E-state index in [1.807, 2.05) is 44.7 Å². The van der Waals surface area contributed by atoms with Gasteiger partial charge in [-0.25, -0.2) is 0 Å². The summed E-state index contributed by atoms with van der Waals surface area (Å²) in [6.45, 7) is 8.99. The predicted octanol–water partition coefficient (Wildman–Crippen LogP) is 3.87. The summed E-state index contributed by atoms with van der Waals surface area (Å²) >= 11 is 6.08. The summed E-state index contributed by atoms with van der Waals surface area (Å²) in [6.07, 6.45) is 1.40. The molecule has 0 spiro atoms. The van der Waals surface area contributed by atoms with Crippen LogP contribution in [0.5, 0.6) is 0 Å². The number of carbonyl (C=O) groups is 2. The Morgan fingerprint density at radius 1 is 1.22 bits per heavy atom. The molecule has 1 aliphatic heterocycles. The number of halogens is 1. The molecule has 1 saturated heterocycles. The molecule has 0 aromatic heterocycles. The maximum absolute atomic E-state index is 12.4. The van der Waals surface area contributed by atoms with Gasteiger partial charge in [-0.2, -0.15) is 0 Å². The van der Waals surface area contributed by atoms with E-state index in [4.69, 9.17) is 11.6 Å². The molecule has 0 atom stereocenters. The minimum Gasteiger partial charge on any atom is -0.342 e. The van der Waals surface area contributed by atoms with Crippen molar-refractivity contribution >= 4 is 29.1 Å². The van der Waals surface area contributed by atoms with Crippen molar-refractivity contribution in [3.8, 4) is 0 Å². The van der Waals surface area contributed by atoms with Crippen molar-refractivity contribution in [3.05, 3.63) is 28.8 Å². The third kappa shape index (κ3) is 4.47. The Morgan fingerprint density at radius 2 is 1.83 bits per heavy atom. The van der Waals surface area contributed by atoms with E-state index < -0.39 is 0 Å². The molecule has 2 rings (SSSR count). The topological polar surface area (TPSA) is 49.4 Å². The van der Waals surface area contributed by atoms with Gasteiger partial charge >= 0.3 is 0 Å². The van der Waals surface area contributed by atoms with Crippen LogP contribution in [-0.4, -0.2) is 29.8 Å². The molecule has 4 nitrogen and oxygen atoms in total. The standard InChI is InChI=1S/C18H25ClN2O2/c1-12-5-6-14(11-15(12)19)20-16(22)13-7-9-21(10-8-13)17(23)18(2,3)4/h5-6,11,13H,7-10H2,1-4H3,(H,20,22). The van der Waals surface area contributed by atoms with E-state index >= 15 is 0 Å². The van der Waals surface area contributed by atoms with Gasteiger partial charge in [-0.3, -0.25) is 9.59 Å². The molecule has 0 bridgehead atoms. The lowest BCUT2D eigenvalue weighted by molar-refractivity contribution is -0.142. The number of hydrogen-bond acceptors (Lipinski definition) is 2. The Balaban J connectivity index is 1.91. The minimum absolute atomic E-state index is 0.00720. The summed E-state index contributed by atoms with van der Waals surface area (Å²) in [5.41, 5.74) is 1.34. The monoisotopic (exact) mass is 336 g/mol. The second-order valence-corrected chi connectivity index (χ2v) is 7.68. The van der Waals surface area contributed by atoms with Crippen LogP contribution in [0.3, 0.4) is 0 Å². The van der Waals surface area contributed by atoms with Crippen molar-refractivity contribution in [3.63, 3.8) is 0 Å². The molecule has 126 valence electrons. The van der Waals surface area contributed by atoms with E-state index in [0.717, 1.165) is 11.3 Å². The first-order valence-corrected chi connectivity index (χ1v) is 8.42. The van der Waals surface area contributed by atoms with Gasteiger partial charge in [0.1, 0.15) is 0 Å². The molecule has 23 heavy (non-hydrogen) atoms. The molecule has 1 fully saturated rings. The zero-order valence-corrected chi connectivity index (χ0v) is 15.0. The fourth-order valence-corrected chi connectivity index (χ4v) is 2.91. The highest BCUT2D eigenvalue weighted by atomic mass is 35.5. The molecule has 2 amide bonds. The molecule has 5 heteroatoms. The minimum atomic E-state index is -0.367. The average molecular weight is 337 g/mol. The molecule has 1 aromatic rings. The maximum atomic E-state index is 12.4. The summed E-state index contributed by atoms with van der Waals surface area (Å²) in [6, 6.07) is 5.52. The Labute approximate surface area is 143 Å². The number of carbonyl (C=O) groups excluding carboxylic acids is 2. The highest BCUT2D eigenvalue weighted by Crippen LogP contribution is 2.25. The smallest absolute Gasteiger partial charge is 0.227 e. The van der Waals surface area contributed by atoms with E-state index in [1.165, 1.54) is 0 Å². The molecular weight excluding hydrogens is 312 g/mol. The Bertz CT molecular complexity index is 600. The van der Waals surface area contributed by atoms with Gasteiger partial charge in [0.25, 0.3) is 0 Å². The largest absolute Gasteiger partial charge is 0.342 e. The van der Waals surface area contributed by atoms with Crippen molar-refractivity contribution in [2.75, 3.05) is 18.4 Å². The first-order valence-electron chi connectivity index (χ1n) is 8.05. The van der Waals surface area contributed by atoms with Gasteiger partial charge in [0.15, 0.2) is 0 Å². The Morgan fingerprint density at radius 3 is 2.35 bits per heavy atom. The quantitative estimate of drug-likeness (QED) is 0.891.